The fourth-order valence-electron chi connectivity index (χ4n) is 2.64. The van der Waals surface area contributed by atoms with E-state index in [1.807, 2.05) is 24.3 Å². The van der Waals surface area contributed by atoms with Gasteiger partial charge in [-0.2, -0.15) is 0 Å². The predicted molar refractivity (Wildman–Crippen MR) is 111 cm³/mol. The SMILES string of the molecule is COc1ccccc1CNc1ncc(C(=O)Nc2cccc(NC(C)=O)c2)cn1. The quantitative estimate of drug-likeness (QED) is 0.571. The Morgan fingerprint density at radius 2 is 1.66 bits per heavy atom. The Morgan fingerprint density at radius 3 is 2.34 bits per heavy atom. The van der Waals surface area contributed by atoms with Gasteiger partial charge in [0.2, 0.25) is 11.9 Å². The van der Waals surface area contributed by atoms with Crippen LogP contribution >= 0.6 is 0 Å². The maximum absolute atomic E-state index is 12.4. The first kappa shape index (κ1) is 19.8. The second-order valence-corrected chi connectivity index (χ2v) is 6.18. The number of anilines is 3. The van der Waals surface area contributed by atoms with Crippen LogP contribution in [0.15, 0.2) is 60.9 Å². The smallest absolute Gasteiger partial charge is 0.258 e. The third kappa shape index (κ3) is 5.52. The number of rotatable bonds is 7. The Morgan fingerprint density at radius 1 is 0.966 bits per heavy atom. The molecule has 0 aliphatic heterocycles. The first-order valence-corrected chi connectivity index (χ1v) is 8.92. The summed E-state index contributed by atoms with van der Waals surface area (Å²) in [5, 5.41) is 8.53. The number of hydrogen-bond acceptors (Lipinski definition) is 6. The third-order valence-electron chi connectivity index (χ3n) is 3.98. The molecule has 0 radical (unpaired) electrons. The van der Waals surface area contributed by atoms with Gasteiger partial charge in [0.05, 0.1) is 12.7 Å². The van der Waals surface area contributed by atoms with E-state index in [1.54, 1.807) is 31.4 Å². The summed E-state index contributed by atoms with van der Waals surface area (Å²) in [5.74, 6) is 0.650. The number of carbonyl (C=O) groups is 2. The standard InChI is InChI=1S/C21H21N5O3/c1-14(27)25-17-7-5-8-18(10-17)26-20(28)16-12-23-21(24-13-16)22-11-15-6-3-4-9-19(15)29-2/h3-10,12-13H,11H2,1-2H3,(H,25,27)(H,26,28)(H,22,23,24). The first-order chi connectivity index (χ1) is 14.0. The highest BCUT2D eigenvalue weighted by molar-refractivity contribution is 6.04. The fraction of sp³-hybridized carbons (Fsp3) is 0.143. The van der Waals surface area contributed by atoms with Gasteiger partial charge in [0.25, 0.3) is 5.91 Å². The average Bonchev–Trinajstić information content (AvgIpc) is 2.72. The highest BCUT2D eigenvalue weighted by Gasteiger charge is 2.09. The van der Waals surface area contributed by atoms with E-state index in [-0.39, 0.29) is 11.8 Å². The van der Waals surface area contributed by atoms with E-state index in [0.717, 1.165) is 11.3 Å². The van der Waals surface area contributed by atoms with Crippen molar-refractivity contribution in [2.24, 2.45) is 0 Å². The van der Waals surface area contributed by atoms with Gasteiger partial charge in [-0.25, -0.2) is 9.97 Å². The molecule has 0 aliphatic carbocycles. The summed E-state index contributed by atoms with van der Waals surface area (Å²) in [6.07, 6.45) is 2.90. The van der Waals surface area contributed by atoms with E-state index >= 15 is 0 Å². The molecule has 0 unspecified atom stereocenters. The van der Waals surface area contributed by atoms with Crippen molar-refractivity contribution in [1.29, 1.82) is 0 Å². The second kappa shape index (κ2) is 9.32. The van der Waals surface area contributed by atoms with Crippen molar-refractivity contribution in [3.8, 4) is 5.75 Å². The lowest BCUT2D eigenvalue weighted by molar-refractivity contribution is -0.114. The Balaban J connectivity index is 1.61. The van der Waals surface area contributed by atoms with Crippen molar-refractivity contribution >= 4 is 29.1 Å². The number of methoxy groups -OCH3 is 1. The molecule has 2 amide bonds. The van der Waals surface area contributed by atoms with E-state index in [2.05, 4.69) is 25.9 Å². The van der Waals surface area contributed by atoms with Gasteiger partial charge in [0.1, 0.15) is 5.75 Å². The predicted octanol–water partition coefficient (Wildman–Crippen LogP) is 3.31. The molecule has 0 saturated carbocycles. The Labute approximate surface area is 168 Å². The fourth-order valence-corrected chi connectivity index (χ4v) is 2.64. The zero-order chi connectivity index (χ0) is 20.6. The summed E-state index contributed by atoms with van der Waals surface area (Å²) >= 11 is 0. The van der Waals surface area contributed by atoms with E-state index in [4.69, 9.17) is 4.74 Å². The summed E-state index contributed by atoms with van der Waals surface area (Å²) in [7, 11) is 1.62. The zero-order valence-corrected chi connectivity index (χ0v) is 16.1. The molecule has 8 nitrogen and oxygen atoms in total. The van der Waals surface area contributed by atoms with Gasteiger partial charge < -0.3 is 20.7 Å². The van der Waals surface area contributed by atoms with Gasteiger partial charge in [-0.15, -0.1) is 0 Å². The monoisotopic (exact) mass is 391 g/mol. The molecule has 0 aliphatic rings. The average molecular weight is 391 g/mol. The highest BCUT2D eigenvalue weighted by Crippen LogP contribution is 2.18. The van der Waals surface area contributed by atoms with Crippen LogP contribution in [0.5, 0.6) is 5.75 Å². The molecule has 0 fully saturated rings. The Kier molecular flexibility index (Phi) is 6.36. The van der Waals surface area contributed by atoms with Crippen molar-refractivity contribution in [3.63, 3.8) is 0 Å². The molecule has 8 heteroatoms. The summed E-state index contributed by atoms with van der Waals surface area (Å²) in [6.45, 7) is 1.91. The molecule has 0 saturated heterocycles. The lowest BCUT2D eigenvalue weighted by atomic mass is 10.2. The number of nitrogens with one attached hydrogen (secondary N) is 3. The minimum Gasteiger partial charge on any atom is -0.496 e. The van der Waals surface area contributed by atoms with Crippen LogP contribution in [0.25, 0.3) is 0 Å². The van der Waals surface area contributed by atoms with Crippen LogP contribution < -0.4 is 20.7 Å². The maximum Gasteiger partial charge on any atom is 0.258 e. The molecular formula is C21H21N5O3. The van der Waals surface area contributed by atoms with E-state index in [9.17, 15) is 9.59 Å². The van der Waals surface area contributed by atoms with E-state index in [1.165, 1.54) is 19.3 Å². The molecular weight excluding hydrogens is 370 g/mol. The number of benzene rings is 2. The number of carbonyl (C=O) groups excluding carboxylic acids is 2. The van der Waals surface area contributed by atoms with Crippen molar-refractivity contribution in [2.45, 2.75) is 13.5 Å². The summed E-state index contributed by atoms with van der Waals surface area (Å²) in [5.41, 5.74) is 2.44. The Bertz CT molecular complexity index is 1010. The molecule has 148 valence electrons. The molecule has 29 heavy (non-hydrogen) atoms. The zero-order valence-electron chi connectivity index (χ0n) is 16.1. The maximum atomic E-state index is 12.4. The third-order valence-corrected chi connectivity index (χ3v) is 3.98. The Hall–Kier alpha value is -3.94. The van der Waals surface area contributed by atoms with Gasteiger partial charge in [-0.05, 0) is 24.3 Å². The number of hydrogen-bond donors (Lipinski definition) is 3. The molecule has 0 spiro atoms. The van der Waals surface area contributed by atoms with Crippen molar-refractivity contribution in [3.05, 3.63) is 72.1 Å². The van der Waals surface area contributed by atoms with Gasteiger partial charge in [0.15, 0.2) is 0 Å². The first-order valence-electron chi connectivity index (χ1n) is 8.92. The van der Waals surface area contributed by atoms with Crippen LogP contribution in [0, 0.1) is 0 Å². The van der Waals surface area contributed by atoms with Crippen molar-refractivity contribution in [1.82, 2.24) is 9.97 Å². The van der Waals surface area contributed by atoms with Gasteiger partial charge in [0, 0.05) is 42.8 Å². The number of amides is 2. The van der Waals surface area contributed by atoms with Gasteiger partial charge in [-0.1, -0.05) is 24.3 Å². The van der Waals surface area contributed by atoms with Crippen LogP contribution in [-0.4, -0.2) is 28.9 Å². The molecule has 1 aromatic heterocycles. The van der Waals surface area contributed by atoms with Crippen molar-refractivity contribution in [2.75, 3.05) is 23.1 Å². The molecule has 3 rings (SSSR count). The van der Waals surface area contributed by atoms with E-state index in [0.29, 0.717) is 29.4 Å². The lowest BCUT2D eigenvalue weighted by Crippen LogP contribution is -2.14. The van der Waals surface area contributed by atoms with Crippen LogP contribution in [0.3, 0.4) is 0 Å². The minimum absolute atomic E-state index is 0.182. The molecule has 1 heterocycles. The van der Waals surface area contributed by atoms with Crippen LogP contribution in [0.1, 0.15) is 22.8 Å². The normalized spacial score (nSPS) is 10.1. The highest BCUT2D eigenvalue weighted by atomic mass is 16.5. The van der Waals surface area contributed by atoms with Crippen LogP contribution in [0.2, 0.25) is 0 Å². The molecule has 0 bridgehead atoms. The number of aromatic nitrogens is 2. The van der Waals surface area contributed by atoms with E-state index < -0.39 is 0 Å². The molecule has 2 aromatic carbocycles. The molecule has 3 N–H and O–H groups in total. The summed E-state index contributed by atoms with van der Waals surface area (Å²) < 4.78 is 5.31. The lowest BCUT2D eigenvalue weighted by Gasteiger charge is -2.10. The van der Waals surface area contributed by atoms with Crippen LogP contribution in [0.4, 0.5) is 17.3 Å². The second-order valence-electron chi connectivity index (χ2n) is 6.18. The molecule has 3 aromatic rings. The molecule has 0 atom stereocenters. The number of ether oxygens (including phenoxy) is 1. The summed E-state index contributed by atoms with van der Waals surface area (Å²) in [4.78, 5) is 31.9. The van der Waals surface area contributed by atoms with Gasteiger partial charge >= 0.3 is 0 Å². The number of nitrogens with zero attached hydrogens (tertiary/aromatic N) is 2. The largest absolute Gasteiger partial charge is 0.496 e. The number of para-hydroxylation sites is 1. The summed E-state index contributed by atoms with van der Waals surface area (Å²) in [6, 6.07) is 14.5. The topological polar surface area (TPSA) is 105 Å². The van der Waals surface area contributed by atoms with Crippen molar-refractivity contribution < 1.29 is 14.3 Å². The minimum atomic E-state index is -0.346. The van der Waals surface area contributed by atoms with Gasteiger partial charge in [-0.3, -0.25) is 9.59 Å². The van der Waals surface area contributed by atoms with Crippen LogP contribution in [-0.2, 0) is 11.3 Å².